The van der Waals surface area contributed by atoms with Gasteiger partial charge in [-0.3, -0.25) is 0 Å². The lowest BCUT2D eigenvalue weighted by Gasteiger charge is -2.12. The molecular weight excluding hydrogens is 258 g/mol. The van der Waals surface area contributed by atoms with Crippen LogP contribution in [0.2, 0.25) is 0 Å². The standard InChI is InChI=1S/C15H16BFO3/c1-10-4-3-5-11(2)15(10)20-9-12-6-7-13(16(18)19)8-14(12)17/h3-8,18-19H,9H2,1-2H3. The number of hydrogen-bond acceptors (Lipinski definition) is 3. The molecule has 0 aliphatic heterocycles. The first-order valence-electron chi connectivity index (χ1n) is 6.32. The highest BCUT2D eigenvalue weighted by atomic mass is 19.1. The van der Waals surface area contributed by atoms with Gasteiger partial charge in [0, 0.05) is 5.56 Å². The molecular formula is C15H16BFO3. The number of aryl methyl sites for hydroxylation is 2. The molecule has 0 aromatic heterocycles. The summed E-state index contributed by atoms with van der Waals surface area (Å²) in [6.45, 7) is 3.97. The predicted octanol–water partition coefficient (Wildman–Crippen LogP) is 1.70. The molecule has 2 aromatic carbocycles. The lowest BCUT2D eigenvalue weighted by molar-refractivity contribution is 0.296. The first kappa shape index (κ1) is 14.6. The molecule has 0 heterocycles. The maximum absolute atomic E-state index is 13.8. The van der Waals surface area contributed by atoms with Gasteiger partial charge in [0.1, 0.15) is 18.2 Å². The monoisotopic (exact) mass is 274 g/mol. The highest BCUT2D eigenvalue weighted by Gasteiger charge is 2.14. The van der Waals surface area contributed by atoms with Gasteiger partial charge >= 0.3 is 7.12 Å². The van der Waals surface area contributed by atoms with Gasteiger partial charge in [-0.2, -0.15) is 0 Å². The molecule has 20 heavy (non-hydrogen) atoms. The summed E-state index contributed by atoms with van der Waals surface area (Å²) in [4.78, 5) is 0. The van der Waals surface area contributed by atoms with E-state index < -0.39 is 12.9 Å². The Balaban J connectivity index is 2.15. The topological polar surface area (TPSA) is 49.7 Å². The van der Waals surface area contributed by atoms with Gasteiger partial charge in [-0.25, -0.2) is 4.39 Å². The Morgan fingerprint density at radius 3 is 2.30 bits per heavy atom. The third-order valence-corrected chi connectivity index (χ3v) is 3.16. The summed E-state index contributed by atoms with van der Waals surface area (Å²) in [6.07, 6.45) is 0. The first-order valence-corrected chi connectivity index (χ1v) is 6.32. The van der Waals surface area contributed by atoms with E-state index in [2.05, 4.69) is 0 Å². The molecule has 5 heteroatoms. The number of ether oxygens (including phenoxy) is 1. The minimum atomic E-state index is -1.67. The zero-order valence-electron chi connectivity index (χ0n) is 11.4. The molecule has 104 valence electrons. The second kappa shape index (κ2) is 6.07. The van der Waals surface area contributed by atoms with Crippen molar-refractivity contribution in [3.05, 3.63) is 58.9 Å². The Morgan fingerprint density at radius 1 is 1.10 bits per heavy atom. The minimum absolute atomic E-state index is 0.0966. The molecule has 3 nitrogen and oxygen atoms in total. The van der Waals surface area contributed by atoms with Crippen molar-refractivity contribution in [2.24, 2.45) is 0 Å². The van der Waals surface area contributed by atoms with Crippen LogP contribution in [0.15, 0.2) is 36.4 Å². The lowest BCUT2D eigenvalue weighted by atomic mass is 9.80. The van der Waals surface area contributed by atoms with Crippen molar-refractivity contribution in [1.82, 2.24) is 0 Å². The number of benzene rings is 2. The van der Waals surface area contributed by atoms with Crippen molar-refractivity contribution in [2.75, 3.05) is 0 Å². The van der Waals surface area contributed by atoms with Gasteiger partial charge in [0.15, 0.2) is 0 Å². The van der Waals surface area contributed by atoms with E-state index in [-0.39, 0.29) is 12.1 Å². The summed E-state index contributed by atoms with van der Waals surface area (Å²) < 4.78 is 19.5. The van der Waals surface area contributed by atoms with Crippen molar-refractivity contribution in [1.29, 1.82) is 0 Å². The second-order valence-electron chi connectivity index (χ2n) is 4.73. The number of halogens is 1. The van der Waals surface area contributed by atoms with Crippen LogP contribution in [0.5, 0.6) is 5.75 Å². The molecule has 0 spiro atoms. The molecule has 2 aromatic rings. The Kier molecular flexibility index (Phi) is 4.42. The first-order chi connectivity index (χ1) is 9.49. The lowest BCUT2D eigenvalue weighted by Crippen LogP contribution is -2.30. The van der Waals surface area contributed by atoms with Crippen LogP contribution in [0.1, 0.15) is 16.7 Å². The fourth-order valence-electron chi connectivity index (χ4n) is 2.02. The third kappa shape index (κ3) is 3.18. The SMILES string of the molecule is Cc1cccc(C)c1OCc1ccc(B(O)O)cc1F. The summed E-state index contributed by atoms with van der Waals surface area (Å²) in [5.41, 5.74) is 2.48. The van der Waals surface area contributed by atoms with Crippen molar-refractivity contribution in [3.63, 3.8) is 0 Å². The van der Waals surface area contributed by atoms with E-state index in [1.165, 1.54) is 12.1 Å². The molecule has 0 atom stereocenters. The van der Waals surface area contributed by atoms with E-state index in [1.807, 2.05) is 32.0 Å². The largest absolute Gasteiger partial charge is 0.488 e. The maximum atomic E-state index is 13.8. The quantitative estimate of drug-likeness (QED) is 0.834. The summed E-state index contributed by atoms with van der Waals surface area (Å²) in [6, 6.07) is 9.88. The Labute approximate surface area is 117 Å². The molecule has 2 N–H and O–H groups in total. The zero-order valence-corrected chi connectivity index (χ0v) is 11.4. The van der Waals surface area contributed by atoms with Crippen molar-refractivity contribution >= 4 is 12.6 Å². The van der Waals surface area contributed by atoms with E-state index in [9.17, 15) is 4.39 Å². The van der Waals surface area contributed by atoms with Gasteiger partial charge in [-0.05, 0) is 36.5 Å². The van der Waals surface area contributed by atoms with Crippen LogP contribution in [0, 0.1) is 19.7 Å². The molecule has 0 aliphatic rings. The molecule has 0 unspecified atom stereocenters. The Morgan fingerprint density at radius 2 is 1.75 bits per heavy atom. The highest BCUT2D eigenvalue weighted by Crippen LogP contribution is 2.23. The van der Waals surface area contributed by atoms with E-state index in [4.69, 9.17) is 14.8 Å². The average Bonchev–Trinajstić information content (AvgIpc) is 2.39. The predicted molar refractivity (Wildman–Crippen MR) is 76.5 cm³/mol. The Hall–Kier alpha value is -1.85. The van der Waals surface area contributed by atoms with Crippen LogP contribution >= 0.6 is 0 Å². The summed E-state index contributed by atoms with van der Waals surface area (Å²) in [7, 11) is -1.67. The molecule has 0 bridgehead atoms. The smallest absolute Gasteiger partial charge is 0.488 e. The van der Waals surface area contributed by atoms with E-state index >= 15 is 0 Å². The van der Waals surface area contributed by atoms with Crippen LogP contribution in [0.3, 0.4) is 0 Å². The van der Waals surface area contributed by atoms with E-state index in [1.54, 1.807) is 0 Å². The normalized spacial score (nSPS) is 10.4. The van der Waals surface area contributed by atoms with Gasteiger partial charge in [-0.1, -0.05) is 30.3 Å². The molecule has 0 fully saturated rings. The molecule has 0 amide bonds. The zero-order chi connectivity index (χ0) is 14.7. The van der Waals surface area contributed by atoms with Crippen molar-refractivity contribution in [3.8, 4) is 5.75 Å². The summed E-state index contributed by atoms with van der Waals surface area (Å²) >= 11 is 0. The van der Waals surface area contributed by atoms with Crippen molar-refractivity contribution < 1.29 is 19.2 Å². The molecule has 0 aliphatic carbocycles. The van der Waals surface area contributed by atoms with Gasteiger partial charge in [0.25, 0.3) is 0 Å². The molecule has 0 saturated carbocycles. The third-order valence-electron chi connectivity index (χ3n) is 3.16. The van der Waals surface area contributed by atoms with Gasteiger partial charge in [-0.15, -0.1) is 0 Å². The molecule has 0 radical (unpaired) electrons. The maximum Gasteiger partial charge on any atom is 0.488 e. The van der Waals surface area contributed by atoms with Gasteiger partial charge < -0.3 is 14.8 Å². The Bertz CT molecular complexity index is 594. The number of rotatable bonds is 4. The second-order valence-corrected chi connectivity index (χ2v) is 4.73. The fraction of sp³-hybridized carbons (Fsp3) is 0.200. The van der Waals surface area contributed by atoms with Crippen LogP contribution in [-0.4, -0.2) is 17.2 Å². The minimum Gasteiger partial charge on any atom is -0.488 e. The highest BCUT2D eigenvalue weighted by molar-refractivity contribution is 6.58. The molecule has 2 rings (SSSR count). The van der Waals surface area contributed by atoms with Crippen molar-refractivity contribution in [2.45, 2.75) is 20.5 Å². The van der Waals surface area contributed by atoms with Gasteiger partial charge in [0.05, 0.1) is 0 Å². The van der Waals surface area contributed by atoms with Gasteiger partial charge in [0.2, 0.25) is 0 Å². The number of para-hydroxylation sites is 1. The fourth-order valence-corrected chi connectivity index (χ4v) is 2.02. The van der Waals surface area contributed by atoms with Crippen LogP contribution in [0.25, 0.3) is 0 Å². The van der Waals surface area contributed by atoms with E-state index in [0.717, 1.165) is 22.9 Å². The van der Waals surface area contributed by atoms with Crippen LogP contribution < -0.4 is 10.2 Å². The van der Waals surface area contributed by atoms with Crippen LogP contribution in [0.4, 0.5) is 4.39 Å². The number of hydrogen-bond donors (Lipinski definition) is 2. The summed E-state index contributed by atoms with van der Waals surface area (Å²) in [5, 5.41) is 18.0. The molecule has 0 saturated heterocycles. The van der Waals surface area contributed by atoms with E-state index in [0.29, 0.717) is 5.56 Å². The summed E-state index contributed by atoms with van der Waals surface area (Å²) in [5.74, 6) is 0.236. The average molecular weight is 274 g/mol. The van der Waals surface area contributed by atoms with Crippen LogP contribution in [-0.2, 0) is 6.61 Å².